The third-order valence-electron chi connectivity index (χ3n) is 2.30. The van der Waals surface area contributed by atoms with E-state index in [9.17, 15) is 9.90 Å². The summed E-state index contributed by atoms with van der Waals surface area (Å²) in [5.74, 6) is -1.00. The number of nitrogens with one attached hydrogen (secondary N) is 1. The first kappa shape index (κ1) is 18.1. The average Bonchev–Trinajstić information content (AvgIpc) is 2.70. The quantitative estimate of drug-likeness (QED) is 0.821. The molecule has 0 aliphatic carbocycles. The zero-order valence-electron chi connectivity index (χ0n) is 11.4. The maximum atomic E-state index is 11.3. The third-order valence-corrected chi connectivity index (χ3v) is 4.03. The smallest absolute Gasteiger partial charge is 1.00 e. The van der Waals surface area contributed by atoms with Gasteiger partial charge < -0.3 is 11.8 Å². The van der Waals surface area contributed by atoms with Crippen LogP contribution in [0.25, 0.3) is 0 Å². The summed E-state index contributed by atoms with van der Waals surface area (Å²) >= 11 is 18.8. The van der Waals surface area contributed by atoms with E-state index in [0.717, 1.165) is 0 Å². The van der Waals surface area contributed by atoms with Gasteiger partial charge in [-0.05, 0) is 30.3 Å². The molecule has 0 radical (unpaired) electrons. The number of hydrogen-bond donors (Lipinski definition) is 2. The third kappa shape index (κ3) is 4.81. The summed E-state index contributed by atoms with van der Waals surface area (Å²) in [4.78, 5) is 11.9. The van der Waals surface area contributed by atoms with E-state index < -0.39 is 12.0 Å². The predicted molar refractivity (Wildman–Crippen MR) is 80.9 cm³/mol. The molecule has 0 bridgehead atoms. The number of anilines is 1. The van der Waals surface area contributed by atoms with Crippen molar-refractivity contribution in [3.8, 4) is 0 Å². The summed E-state index contributed by atoms with van der Waals surface area (Å²) in [6.07, 6.45) is 0. The van der Waals surface area contributed by atoms with Crippen molar-refractivity contribution in [3.05, 3.63) is 49.6 Å². The number of carbonyl (C=O) groups is 1. The van der Waals surface area contributed by atoms with Crippen LogP contribution in [0.5, 0.6) is 0 Å². The number of carboxylic acids is 1. The van der Waals surface area contributed by atoms with Gasteiger partial charge in [-0.3, -0.25) is 0 Å². The minimum Gasteiger partial charge on any atom is -1.00 e. The zero-order chi connectivity index (χ0) is 14.0. The number of aliphatic carboxylic acids is 1. The Bertz CT molecular complexity index is 606. The monoisotopic (exact) mass is 359 g/mol. The standard InChI is InChI=1S/C12H8Cl3NO2S.Na.H/c13-6-3-7(14)5-8(4-6)16-11(12(17)18)9-1-2-10(15)19-9;;/h1-5,11,16H,(H,17,18);;/q;+1;-1. The van der Waals surface area contributed by atoms with Gasteiger partial charge in [0.05, 0.1) is 4.34 Å². The van der Waals surface area contributed by atoms with Crippen LogP contribution in [0.2, 0.25) is 14.4 Å². The van der Waals surface area contributed by atoms with Crippen molar-refractivity contribution >= 4 is 57.8 Å². The maximum absolute atomic E-state index is 11.3. The second kappa shape index (κ2) is 7.90. The van der Waals surface area contributed by atoms with Crippen LogP contribution in [-0.2, 0) is 4.79 Å². The molecule has 0 saturated heterocycles. The molecule has 0 amide bonds. The fraction of sp³-hybridized carbons (Fsp3) is 0.0833. The average molecular weight is 361 g/mol. The molecule has 3 nitrogen and oxygen atoms in total. The van der Waals surface area contributed by atoms with E-state index in [-0.39, 0.29) is 31.0 Å². The van der Waals surface area contributed by atoms with Gasteiger partial charge in [-0.25, -0.2) is 4.79 Å². The van der Waals surface area contributed by atoms with Gasteiger partial charge >= 0.3 is 35.5 Å². The molecule has 2 rings (SSSR count). The molecule has 8 heteroatoms. The topological polar surface area (TPSA) is 49.3 Å². The van der Waals surface area contributed by atoms with E-state index in [1.54, 1.807) is 30.3 Å². The molecule has 0 aliphatic heterocycles. The van der Waals surface area contributed by atoms with Gasteiger partial charge in [0, 0.05) is 20.6 Å². The molecule has 0 fully saturated rings. The van der Waals surface area contributed by atoms with Crippen LogP contribution < -0.4 is 34.9 Å². The van der Waals surface area contributed by atoms with E-state index >= 15 is 0 Å². The summed E-state index contributed by atoms with van der Waals surface area (Å²) in [6.45, 7) is 0. The zero-order valence-corrected chi connectivity index (χ0v) is 15.4. The fourth-order valence-corrected chi connectivity index (χ4v) is 3.17. The minimum atomic E-state index is -1.00. The van der Waals surface area contributed by atoms with Gasteiger partial charge in [0.2, 0.25) is 0 Å². The maximum Gasteiger partial charge on any atom is 1.00 e. The van der Waals surface area contributed by atoms with Crippen molar-refractivity contribution in [1.29, 1.82) is 0 Å². The molecule has 2 N–H and O–H groups in total. The Morgan fingerprint density at radius 1 is 1.20 bits per heavy atom. The van der Waals surface area contributed by atoms with Gasteiger partial charge in [-0.1, -0.05) is 34.8 Å². The van der Waals surface area contributed by atoms with Crippen molar-refractivity contribution < 1.29 is 40.9 Å². The van der Waals surface area contributed by atoms with Crippen molar-refractivity contribution in [2.24, 2.45) is 0 Å². The number of carboxylic acid groups (broad SMARTS) is 1. The van der Waals surface area contributed by atoms with Crippen LogP contribution in [-0.4, -0.2) is 11.1 Å². The molecule has 1 atom stereocenters. The van der Waals surface area contributed by atoms with Crippen molar-refractivity contribution in [3.63, 3.8) is 0 Å². The molecule has 1 heterocycles. The largest absolute Gasteiger partial charge is 1.00 e. The van der Waals surface area contributed by atoms with Crippen LogP contribution in [0.3, 0.4) is 0 Å². The molecule has 2 aromatic rings. The Labute approximate surface area is 158 Å². The molecule has 0 aliphatic rings. The van der Waals surface area contributed by atoms with E-state index in [4.69, 9.17) is 34.8 Å². The number of rotatable bonds is 4. The summed E-state index contributed by atoms with van der Waals surface area (Å²) in [5, 5.41) is 13.0. The molecular formula is C12H9Cl3NNaO2S. The molecular weight excluding hydrogens is 352 g/mol. The number of halogens is 3. The van der Waals surface area contributed by atoms with Gasteiger partial charge in [-0.15, -0.1) is 11.3 Å². The first-order chi connectivity index (χ1) is 8.95. The molecule has 1 unspecified atom stereocenters. The fourth-order valence-electron chi connectivity index (χ4n) is 1.54. The number of hydrogen-bond acceptors (Lipinski definition) is 3. The second-order valence-electron chi connectivity index (χ2n) is 3.72. The van der Waals surface area contributed by atoms with E-state index in [1.165, 1.54) is 11.3 Å². The SMILES string of the molecule is O=C(O)C(Nc1cc(Cl)cc(Cl)c1)c1ccc(Cl)s1.[H-].[Na+]. The Hall–Kier alpha value is 0.0600. The van der Waals surface area contributed by atoms with Crippen molar-refractivity contribution in [2.45, 2.75) is 6.04 Å². The predicted octanol–water partition coefficient (Wildman–Crippen LogP) is 2.06. The van der Waals surface area contributed by atoms with Crippen molar-refractivity contribution in [1.82, 2.24) is 0 Å². The van der Waals surface area contributed by atoms with Crippen LogP contribution in [0, 0.1) is 0 Å². The van der Waals surface area contributed by atoms with Crippen LogP contribution in [0.4, 0.5) is 5.69 Å². The first-order valence-corrected chi connectivity index (χ1v) is 7.11. The van der Waals surface area contributed by atoms with Crippen LogP contribution in [0.15, 0.2) is 30.3 Å². The van der Waals surface area contributed by atoms with Crippen LogP contribution in [0.1, 0.15) is 12.3 Å². The summed E-state index contributed by atoms with van der Waals surface area (Å²) in [7, 11) is 0. The summed E-state index contributed by atoms with van der Waals surface area (Å²) in [6, 6.07) is 7.23. The second-order valence-corrected chi connectivity index (χ2v) is 6.34. The Balaban J connectivity index is 0.00000200. The molecule has 1 aromatic heterocycles. The number of thiophene rings is 1. The van der Waals surface area contributed by atoms with Gasteiger partial charge in [0.25, 0.3) is 0 Å². The van der Waals surface area contributed by atoms with Gasteiger partial charge in [0.1, 0.15) is 0 Å². The first-order valence-electron chi connectivity index (χ1n) is 5.16. The molecule has 0 saturated carbocycles. The molecule has 20 heavy (non-hydrogen) atoms. The van der Waals surface area contributed by atoms with Crippen molar-refractivity contribution in [2.75, 3.05) is 5.32 Å². The minimum absolute atomic E-state index is 0. The van der Waals surface area contributed by atoms with E-state index in [2.05, 4.69) is 5.32 Å². The Morgan fingerprint density at radius 2 is 1.80 bits per heavy atom. The molecule has 0 spiro atoms. The Kier molecular flexibility index (Phi) is 7.15. The number of benzene rings is 1. The van der Waals surface area contributed by atoms with Crippen LogP contribution >= 0.6 is 46.1 Å². The molecule has 102 valence electrons. The Morgan fingerprint density at radius 3 is 2.25 bits per heavy atom. The van der Waals surface area contributed by atoms with Gasteiger partial charge in [-0.2, -0.15) is 0 Å². The normalized spacial score (nSPS) is 11.6. The van der Waals surface area contributed by atoms with E-state index in [1.807, 2.05) is 0 Å². The summed E-state index contributed by atoms with van der Waals surface area (Å²) in [5.41, 5.74) is 0.537. The summed E-state index contributed by atoms with van der Waals surface area (Å²) < 4.78 is 0.534. The molecule has 1 aromatic carbocycles. The van der Waals surface area contributed by atoms with Gasteiger partial charge in [0.15, 0.2) is 6.04 Å². The van der Waals surface area contributed by atoms with E-state index in [0.29, 0.717) is 24.9 Å².